The molecular weight excluding hydrogens is 290 g/mol. The number of nitrogens with one attached hydrogen (secondary N) is 1. The van der Waals surface area contributed by atoms with Crippen LogP contribution in [0.15, 0.2) is 42.7 Å². The van der Waals surface area contributed by atoms with Gasteiger partial charge in [0, 0.05) is 18.0 Å². The van der Waals surface area contributed by atoms with E-state index in [9.17, 15) is 4.79 Å². The topological polar surface area (TPSA) is 56.1 Å². The van der Waals surface area contributed by atoms with Crippen molar-refractivity contribution in [1.82, 2.24) is 15.1 Å². The van der Waals surface area contributed by atoms with Gasteiger partial charge in [-0.25, -0.2) is 4.68 Å². The van der Waals surface area contributed by atoms with E-state index in [1.165, 1.54) is 12.8 Å². The third-order valence-electron chi connectivity index (χ3n) is 4.94. The van der Waals surface area contributed by atoms with Crippen LogP contribution in [0.25, 0.3) is 5.69 Å². The summed E-state index contributed by atoms with van der Waals surface area (Å²) in [5.41, 5.74) is 1.58. The van der Waals surface area contributed by atoms with Gasteiger partial charge in [-0.2, -0.15) is 5.10 Å². The zero-order valence-electron chi connectivity index (χ0n) is 13.1. The molecule has 1 aliphatic heterocycles. The van der Waals surface area contributed by atoms with Crippen molar-refractivity contribution < 1.29 is 9.53 Å². The molecule has 1 atom stereocenters. The molecule has 2 aliphatic rings. The molecule has 120 valence electrons. The van der Waals surface area contributed by atoms with E-state index in [-0.39, 0.29) is 17.6 Å². The lowest BCUT2D eigenvalue weighted by atomic mass is 9.96. The Morgan fingerprint density at radius 1 is 1.30 bits per heavy atom. The van der Waals surface area contributed by atoms with Crippen molar-refractivity contribution in [2.75, 3.05) is 6.61 Å². The largest absolute Gasteiger partial charge is 0.373 e. The molecule has 1 N–H and O–H groups in total. The number of ether oxygens (including phenoxy) is 1. The molecule has 1 saturated carbocycles. The highest BCUT2D eigenvalue weighted by Crippen LogP contribution is 2.40. The van der Waals surface area contributed by atoms with Crippen LogP contribution in [-0.2, 0) is 4.74 Å². The second-order valence-corrected chi connectivity index (χ2v) is 6.58. The van der Waals surface area contributed by atoms with E-state index in [2.05, 4.69) is 10.4 Å². The van der Waals surface area contributed by atoms with Crippen LogP contribution >= 0.6 is 0 Å². The van der Waals surface area contributed by atoms with Crippen LogP contribution in [-0.4, -0.2) is 33.9 Å². The summed E-state index contributed by atoms with van der Waals surface area (Å²) in [5, 5.41) is 7.33. The van der Waals surface area contributed by atoms with Gasteiger partial charge in [-0.15, -0.1) is 0 Å². The number of amides is 1. The van der Waals surface area contributed by atoms with Gasteiger partial charge in [0.2, 0.25) is 0 Å². The Labute approximate surface area is 135 Å². The third kappa shape index (κ3) is 2.88. The highest BCUT2D eigenvalue weighted by molar-refractivity contribution is 5.94. The molecule has 1 aliphatic carbocycles. The standard InChI is InChI=1S/C18H21N3O2/c22-17(20-15-12-18(23-13-15)7-1-2-8-18)14-5-3-6-16(11-14)21-10-4-9-19-21/h3-6,9-11,15H,1-2,7-8,12-13H2,(H,20,22)/t15-/m1/s1. The molecule has 2 heterocycles. The van der Waals surface area contributed by atoms with Crippen molar-refractivity contribution in [3.8, 4) is 5.69 Å². The van der Waals surface area contributed by atoms with E-state index >= 15 is 0 Å². The minimum absolute atomic E-state index is 0.0366. The maximum Gasteiger partial charge on any atom is 0.251 e. The van der Waals surface area contributed by atoms with Crippen molar-refractivity contribution in [2.24, 2.45) is 0 Å². The molecule has 1 saturated heterocycles. The van der Waals surface area contributed by atoms with E-state index in [1.54, 1.807) is 10.9 Å². The van der Waals surface area contributed by atoms with Crippen molar-refractivity contribution in [1.29, 1.82) is 0 Å². The van der Waals surface area contributed by atoms with Gasteiger partial charge in [-0.1, -0.05) is 18.9 Å². The van der Waals surface area contributed by atoms with Crippen LogP contribution in [0.1, 0.15) is 42.5 Å². The SMILES string of the molecule is O=C(N[C@H]1COC2(CCCC2)C1)c1cccc(-n2cccn2)c1. The zero-order chi connectivity index (χ0) is 15.7. The Balaban J connectivity index is 1.44. The Bertz CT molecular complexity index is 690. The lowest BCUT2D eigenvalue weighted by molar-refractivity contribution is 0.00988. The summed E-state index contributed by atoms with van der Waals surface area (Å²) in [7, 11) is 0. The number of benzene rings is 1. The lowest BCUT2D eigenvalue weighted by Crippen LogP contribution is -2.36. The van der Waals surface area contributed by atoms with Crippen molar-refractivity contribution in [3.05, 3.63) is 48.3 Å². The van der Waals surface area contributed by atoms with E-state index in [0.29, 0.717) is 12.2 Å². The number of aromatic nitrogens is 2. The second-order valence-electron chi connectivity index (χ2n) is 6.58. The predicted molar refractivity (Wildman–Crippen MR) is 86.6 cm³/mol. The van der Waals surface area contributed by atoms with E-state index in [1.807, 2.05) is 36.5 Å². The Kier molecular flexibility index (Phi) is 3.65. The summed E-state index contributed by atoms with van der Waals surface area (Å²) in [5.74, 6) is -0.0392. The highest BCUT2D eigenvalue weighted by Gasteiger charge is 2.42. The zero-order valence-corrected chi connectivity index (χ0v) is 13.1. The van der Waals surface area contributed by atoms with Crippen LogP contribution in [0.2, 0.25) is 0 Å². The molecular formula is C18H21N3O2. The number of hydrogen-bond acceptors (Lipinski definition) is 3. The van der Waals surface area contributed by atoms with E-state index < -0.39 is 0 Å². The Hall–Kier alpha value is -2.14. The highest BCUT2D eigenvalue weighted by atomic mass is 16.5. The first kappa shape index (κ1) is 14.5. The average Bonchev–Trinajstić information content (AvgIpc) is 3.32. The molecule has 1 amide bonds. The Morgan fingerprint density at radius 3 is 2.96 bits per heavy atom. The molecule has 2 aromatic rings. The van der Waals surface area contributed by atoms with E-state index in [4.69, 9.17) is 4.74 Å². The molecule has 1 aromatic carbocycles. The van der Waals surface area contributed by atoms with Gasteiger partial charge in [0.25, 0.3) is 5.91 Å². The van der Waals surface area contributed by atoms with Gasteiger partial charge < -0.3 is 10.1 Å². The van der Waals surface area contributed by atoms with Crippen LogP contribution in [0.3, 0.4) is 0 Å². The summed E-state index contributed by atoms with van der Waals surface area (Å²) in [4.78, 5) is 12.5. The molecule has 0 radical (unpaired) electrons. The summed E-state index contributed by atoms with van der Waals surface area (Å²) in [6.07, 6.45) is 9.29. The summed E-state index contributed by atoms with van der Waals surface area (Å²) in [6, 6.07) is 9.51. The Morgan fingerprint density at radius 2 is 2.17 bits per heavy atom. The van der Waals surface area contributed by atoms with Gasteiger partial charge in [0.15, 0.2) is 0 Å². The van der Waals surface area contributed by atoms with Gasteiger partial charge >= 0.3 is 0 Å². The number of carbonyl (C=O) groups is 1. The first-order chi connectivity index (χ1) is 11.2. The van der Waals surface area contributed by atoms with Gasteiger partial charge in [-0.3, -0.25) is 4.79 Å². The normalized spacial score (nSPS) is 22.5. The minimum Gasteiger partial charge on any atom is -0.373 e. The third-order valence-corrected chi connectivity index (χ3v) is 4.94. The molecule has 1 aromatic heterocycles. The van der Waals surface area contributed by atoms with Crippen LogP contribution in [0.5, 0.6) is 0 Å². The maximum absolute atomic E-state index is 12.5. The van der Waals surface area contributed by atoms with Crippen LogP contribution < -0.4 is 5.32 Å². The fourth-order valence-corrected chi connectivity index (χ4v) is 3.78. The fraction of sp³-hybridized carbons (Fsp3) is 0.444. The maximum atomic E-state index is 12.5. The van der Waals surface area contributed by atoms with Crippen LogP contribution in [0, 0.1) is 0 Å². The van der Waals surface area contributed by atoms with Crippen LogP contribution in [0.4, 0.5) is 0 Å². The molecule has 1 spiro atoms. The lowest BCUT2D eigenvalue weighted by Gasteiger charge is -2.21. The van der Waals surface area contributed by atoms with Gasteiger partial charge in [0.05, 0.1) is 23.9 Å². The summed E-state index contributed by atoms with van der Waals surface area (Å²) in [6.45, 7) is 0.630. The number of rotatable bonds is 3. The van der Waals surface area contributed by atoms with Gasteiger partial charge in [0.1, 0.15) is 0 Å². The van der Waals surface area contributed by atoms with Crippen molar-refractivity contribution in [2.45, 2.75) is 43.7 Å². The molecule has 0 unspecified atom stereocenters. The quantitative estimate of drug-likeness (QED) is 0.948. The van der Waals surface area contributed by atoms with E-state index in [0.717, 1.165) is 24.9 Å². The second kappa shape index (κ2) is 5.81. The van der Waals surface area contributed by atoms with Crippen molar-refractivity contribution in [3.63, 3.8) is 0 Å². The fourth-order valence-electron chi connectivity index (χ4n) is 3.78. The smallest absolute Gasteiger partial charge is 0.251 e. The first-order valence-electron chi connectivity index (χ1n) is 8.29. The van der Waals surface area contributed by atoms with Crippen molar-refractivity contribution >= 4 is 5.91 Å². The molecule has 0 bridgehead atoms. The number of nitrogens with zero attached hydrogens (tertiary/aromatic N) is 2. The number of carbonyl (C=O) groups excluding carboxylic acids is 1. The first-order valence-corrected chi connectivity index (χ1v) is 8.29. The summed E-state index contributed by atoms with van der Waals surface area (Å²) >= 11 is 0. The predicted octanol–water partition coefficient (Wildman–Crippen LogP) is 2.70. The summed E-state index contributed by atoms with van der Waals surface area (Å²) < 4.78 is 7.76. The monoisotopic (exact) mass is 311 g/mol. The molecule has 5 nitrogen and oxygen atoms in total. The molecule has 5 heteroatoms. The molecule has 2 fully saturated rings. The average molecular weight is 311 g/mol. The molecule has 23 heavy (non-hydrogen) atoms. The minimum atomic E-state index is -0.0392. The molecule has 4 rings (SSSR count). The van der Waals surface area contributed by atoms with Gasteiger partial charge in [-0.05, 0) is 43.5 Å². The number of hydrogen-bond donors (Lipinski definition) is 1.